The summed E-state index contributed by atoms with van der Waals surface area (Å²) in [6, 6.07) is 43.4. The van der Waals surface area contributed by atoms with Gasteiger partial charge in [-0.1, -0.05) is 96.1 Å². The van der Waals surface area contributed by atoms with Gasteiger partial charge in [0.25, 0.3) is 0 Å². The number of para-hydroxylation sites is 1. The number of hydrogen-bond donors (Lipinski definition) is 1. The molecule has 0 aliphatic heterocycles. The predicted octanol–water partition coefficient (Wildman–Crippen LogP) is 10.4. The number of aromatic nitrogens is 3. The number of rotatable bonds is 4. The molecule has 0 saturated heterocycles. The Morgan fingerprint density at radius 3 is 1.96 bits per heavy atom. The van der Waals surface area contributed by atoms with Gasteiger partial charge in [-0.3, -0.25) is 9.97 Å². The van der Waals surface area contributed by atoms with Crippen molar-refractivity contribution < 1.29 is 26.2 Å². The average Bonchev–Trinajstić information content (AvgIpc) is 3.68. The quantitative estimate of drug-likeness (QED) is 0.179. The van der Waals surface area contributed by atoms with Crippen LogP contribution in [0.25, 0.3) is 39.3 Å². The van der Waals surface area contributed by atoms with Gasteiger partial charge < -0.3 is 9.51 Å². The molecule has 4 aromatic carbocycles. The maximum absolute atomic E-state index is 11.0. The molecule has 0 spiro atoms. The monoisotopic (exact) mass is 858 g/mol. The molecule has 5 nitrogen and oxygen atoms in total. The fraction of sp³-hybridized carbons (Fsp3) is 0.196. The summed E-state index contributed by atoms with van der Waals surface area (Å²) in [6.07, 6.45) is 3.76. The van der Waals surface area contributed by atoms with E-state index in [0.29, 0.717) is 16.8 Å². The van der Waals surface area contributed by atoms with Crippen molar-refractivity contribution >= 4 is 5.65 Å². The molecule has 3 aromatic heterocycles. The summed E-state index contributed by atoms with van der Waals surface area (Å²) in [6.45, 7) is 13.5. The molecule has 0 atom stereocenters. The average molecular weight is 859 g/mol. The number of nitrogens with zero attached hydrogens (tertiary/aromatic N) is 4. The Kier molecular flexibility index (Phi) is 8.59. The van der Waals surface area contributed by atoms with E-state index in [1.165, 1.54) is 22.3 Å². The Hall–Kier alpha value is -5.30. The Bertz CT molecular complexity index is 2480. The van der Waals surface area contributed by atoms with Crippen molar-refractivity contribution in [2.24, 2.45) is 0 Å². The molecule has 52 heavy (non-hydrogen) atoms. The molecule has 1 aliphatic rings. The van der Waals surface area contributed by atoms with E-state index < -0.39 is 5.41 Å². The van der Waals surface area contributed by atoms with E-state index in [0.717, 1.165) is 39.3 Å². The van der Waals surface area contributed by atoms with Crippen LogP contribution in [0, 0.1) is 17.4 Å². The molecule has 0 saturated carbocycles. The van der Waals surface area contributed by atoms with Crippen LogP contribution in [0.15, 0.2) is 122 Å². The molecule has 7 aromatic rings. The normalized spacial score (nSPS) is 13.2. The number of phenols is 1. The van der Waals surface area contributed by atoms with Crippen LogP contribution in [0.5, 0.6) is 5.75 Å². The standard InChI is InChI=1S/C46H39N4O.Pt/c1-44(2,3)31-18-20-34-35-21-19-32(45(4,5)6)25-38(35)46(37(34)24-31,42-16-10-14-39(48-42)36-13-7-8-15-41(36)51)33-12-9-11-30(23-33)40-28-50-27-29(26-47)17-22-43(50)49-40;/h7-22,24-25,27-28,51H,1-6H3;/q-1;. The minimum Gasteiger partial charge on any atom is -0.507 e. The third-order valence-electron chi connectivity index (χ3n) is 10.2. The van der Waals surface area contributed by atoms with E-state index in [1.54, 1.807) is 18.3 Å². The van der Waals surface area contributed by atoms with Gasteiger partial charge in [-0.25, -0.2) is 0 Å². The molecule has 8 rings (SSSR count). The summed E-state index contributed by atoms with van der Waals surface area (Å²) >= 11 is 0. The summed E-state index contributed by atoms with van der Waals surface area (Å²) in [5.41, 5.74) is 12.2. The van der Waals surface area contributed by atoms with Crippen LogP contribution in [0.2, 0.25) is 0 Å². The van der Waals surface area contributed by atoms with Crippen molar-refractivity contribution in [2.75, 3.05) is 0 Å². The van der Waals surface area contributed by atoms with Crippen molar-refractivity contribution in [3.05, 3.63) is 167 Å². The van der Waals surface area contributed by atoms with Crippen LogP contribution < -0.4 is 0 Å². The van der Waals surface area contributed by atoms with E-state index in [1.807, 2.05) is 53.1 Å². The van der Waals surface area contributed by atoms with Crippen LogP contribution in [-0.2, 0) is 37.3 Å². The van der Waals surface area contributed by atoms with Crippen molar-refractivity contribution in [1.82, 2.24) is 14.4 Å². The number of aromatic hydroxyl groups is 1. The number of fused-ring (bicyclic) bond motifs is 4. The first kappa shape index (κ1) is 35.1. The second-order valence-corrected chi connectivity index (χ2v) is 15.6. The molecule has 1 N–H and O–H groups in total. The Morgan fingerprint density at radius 1 is 0.673 bits per heavy atom. The largest absolute Gasteiger partial charge is 0.507 e. The van der Waals surface area contributed by atoms with Crippen LogP contribution in [0.3, 0.4) is 0 Å². The number of pyridine rings is 2. The van der Waals surface area contributed by atoms with E-state index in [4.69, 9.17) is 9.97 Å². The zero-order valence-corrected chi connectivity index (χ0v) is 32.4. The van der Waals surface area contributed by atoms with E-state index in [-0.39, 0.29) is 37.6 Å². The summed E-state index contributed by atoms with van der Waals surface area (Å²) in [7, 11) is 0. The molecule has 6 heteroatoms. The number of nitriles is 1. The zero-order chi connectivity index (χ0) is 35.7. The Labute approximate surface area is 319 Å². The van der Waals surface area contributed by atoms with Crippen LogP contribution in [0.4, 0.5) is 0 Å². The molecule has 0 unspecified atom stereocenters. The van der Waals surface area contributed by atoms with E-state index in [9.17, 15) is 10.4 Å². The predicted molar refractivity (Wildman–Crippen MR) is 204 cm³/mol. The van der Waals surface area contributed by atoms with E-state index in [2.05, 4.69) is 108 Å². The summed E-state index contributed by atoms with van der Waals surface area (Å²) in [4.78, 5) is 10.4. The first-order valence-corrected chi connectivity index (χ1v) is 17.4. The summed E-state index contributed by atoms with van der Waals surface area (Å²) in [5.74, 6) is 0.188. The molecule has 0 bridgehead atoms. The van der Waals surface area contributed by atoms with Gasteiger partial charge in [0.15, 0.2) is 0 Å². The molecule has 0 fully saturated rings. The number of hydrogen-bond acceptors (Lipinski definition) is 4. The number of imidazole rings is 1. The maximum atomic E-state index is 11.0. The summed E-state index contributed by atoms with van der Waals surface area (Å²) < 4.78 is 1.90. The van der Waals surface area contributed by atoms with Gasteiger partial charge in [-0.05, 0) is 86.8 Å². The smallest absolute Gasteiger partial charge is 0.126 e. The molecule has 0 amide bonds. The Balaban J connectivity index is 0.00000420. The fourth-order valence-corrected chi connectivity index (χ4v) is 7.47. The van der Waals surface area contributed by atoms with Crippen LogP contribution in [0.1, 0.15) is 80.6 Å². The number of benzene rings is 4. The van der Waals surface area contributed by atoms with Gasteiger partial charge in [0.1, 0.15) is 17.5 Å². The second-order valence-electron chi connectivity index (χ2n) is 15.6. The van der Waals surface area contributed by atoms with Crippen molar-refractivity contribution in [1.29, 1.82) is 5.26 Å². The number of phenolic OH excluding ortho intramolecular Hbond substituents is 1. The topological polar surface area (TPSA) is 74.2 Å². The molecule has 0 radical (unpaired) electrons. The molecular formula is C46H39N4OPt-. The first-order chi connectivity index (χ1) is 24.4. The minimum atomic E-state index is -0.850. The van der Waals surface area contributed by atoms with Crippen LogP contribution in [-0.4, -0.2) is 19.5 Å². The third-order valence-corrected chi connectivity index (χ3v) is 10.2. The van der Waals surface area contributed by atoms with Gasteiger partial charge in [0.2, 0.25) is 0 Å². The zero-order valence-electron chi connectivity index (χ0n) is 30.1. The molecule has 3 heterocycles. The molecular weight excluding hydrogens is 820 g/mol. The molecule has 260 valence electrons. The maximum Gasteiger partial charge on any atom is 0.126 e. The van der Waals surface area contributed by atoms with Gasteiger partial charge in [-0.15, -0.1) is 35.4 Å². The van der Waals surface area contributed by atoms with Crippen molar-refractivity contribution in [2.45, 2.75) is 57.8 Å². The Morgan fingerprint density at radius 2 is 1.33 bits per heavy atom. The van der Waals surface area contributed by atoms with Crippen molar-refractivity contribution in [3.8, 4) is 45.5 Å². The summed E-state index contributed by atoms with van der Waals surface area (Å²) in [5, 5.41) is 20.5. The third kappa shape index (κ3) is 5.67. The van der Waals surface area contributed by atoms with Crippen LogP contribution >= 0.6 is 0 Å². The second kappa shape index (κ2) is 12.7. The van der Waals surface area contributed by atoms with E-state index >= 15 is 0 Å². The van der Waals surface area contributed by atoms with Crippen molar-refractivity contribution in [3.63, 3.8) is 0 Å². The van der Waals surface area contributed by atoms with Gasteiger partial charge in [0, 0.05) is 38.5 Å². The first-order valence-electron chi connectivity index (χ1n) is 17.4. The molecule has 1 aliphatic carbocycles. The van der Waals surface area contributed by atoms with Gasteiger partial charge in [0.05, 0.1) is 22.4 Å². The van der Waals surface area contributed by atoms with Gasteiger partial charge in [-0.2, -0.15) is 5.26 Å². The minimum absolute atomic E-state index is 0. The van der Waals surface area contributed by atoms with Gasteiger partial charge >= 0.3 is 0 Å². The SMILES string of the molecule is CC(C)(C)c1ccc2c(c1)C(c1[c-]c(-c3cn4cc(C#N)ccc4n3)ccc1)(c1cccc(-c3ccccc3O)n1)c1cc(C(C)(C)C)ccc1-2.[Pt]. The fourth-order valence-electron chi connectivity index (χ4n) is 7.47.